The third kappa shape index (κ3) is 4.51. The zero-order chi connectivity index (χ0) is 11.8. The fourth-order valence-corrected chi connectivity index (χ4v) is 2.40. The van der Waals surface area contributed by atoms with Gasteiger partial charge in [-0.1, -0.05) is 26.2 Å². The maximum Gasteiger partial charge on any atom is 0.0672 e. The van der Waals surface area contributed by atoms with Gasteiger partial charge in [0.05, 0.1) is 12.0 Å². The maximum absolute atomic E-state index is 9.14. The Labute approximate surface area is 99.2 Å². The largest absolute Gasteiger partial charge is 0.384 e. The van der Waals surface area contributed by atoms with E-state index in [0.717, 1.165) is 26.0 Å². The van der Waals surface area contributed by atoms with Crippen molar-refractivity contribution in [2.24, 2.45) is 11.8 Å². The van der Waals surface area contributed by atoms with Crippen LogP contribution in [0.25, 0.3) is 0 Å². The molecule has 0 aromatic rings. The number of nitrogens with one attached hydrogen (secondary N) is 1. The van der Waals surface area contributed by atoms with Gasteiger partial charge in [-0.2, -0.15) is 5.26 Å². The van der Waals surface area contributed by atoms with Gasteiger partial charge in [0.15, 0.2) is 0 Å². The van der Waals surface area contributed by atoms with Crippen molar-refractivity contribution in [3.63, 3.8) is 0 Å². The molecule has 1 saturated carbocycles. The molecule has 0 radical (unpaired) electrons. The molecule has 0 aromatic heterocycles. The van der Waals surface area contributed by atoms with Gasteiger partial charge < -0.3 is 10.1 Å². The zero-order valence-corrected chi connectivity index (χ0v) is 10.5. The van der Waals surface area contributed by atoms with E-state index in [4.69, 9.17) is 10.00 Å². The van der Waals surface area contributed by atoms with Crippen LogP contribution in [0.5, 0.6) is 0 Å². The Hall–Kier alpha value is -0.590. The van der Waals surface area contributed by atoms with Crippen LogP contribution >= 0.6 is 0 Å². The molecule has 0 heterocycles. The highest BCUT2D eigenvalue weighted by Gasteiger charge is 2.23. The Morgan fingerprint density at radius 2 is 2.12 bits per heavy atom. The summed E-state index contributed by atoms with van der Waals surface area (Å²) in [5, 5.41) is 12.7. The molecule has 0 aromatic carbocycles. The second kappa shape index (κ2) is 7.65. The number of hydrogen-bond donors (Lipinski definition) is 1. The Morgan fingerprint density at radius 1 is 1.38 bits per heavy atom. The summed E-state index contributed by atoms with van der Waals surface area (Å²) in [6.07, 6.45) is 5.97. The standard InChI is InChI=1S/C13H24N2O/c1-11(10-16-2)9-15-13-7-5-3-4-6-12(13)8-14/h11-13,15H,3-7,9-10H2,1-2H3. The van der Waals surface area contributed by atoms with E-state index in [0.29, 0.717) is 12.0 Å². The van der Waals surface area contributed by atoms with Crippen LogP contribution in [0, 0.1) is 23.2 Å². The van der Waals surface area contributed by atoms with Crippen molar-refractivity contribution >= 4 is 0 Å². The minimum atomic E-state index is 0.206. The van der Waals surface area contributed by atoms with Crippen LogP contribution in [0.1, 0.15) is 39.0 Å². The molecule has 1 fully saturated rings. The van der Waals surface area contributed by atoms with Gasteiger partial charge in [0.1, 0.15) is 0 Å². The summed E-state index contributed by atoms with van der Waals surface area (Å²) in [6, 6.07) is 2.85. The monoisotopic (exact) mass is 224 g/mol. The van der Waals surface area contributed by atoms with Crippen molar-refractivity contribution in [3.05, 3.63) is 0 Å². The normalized spacial score (nSPS) is 28.1. The van der Waals surface area contributed by atoms with Gasteiger partial charge in [-0.3, -0.25) is 0 Å². The SMILES string of the molecule is COCC(C)CNC1CCCCCC1C#N. The zero-order valence-electron chi connectivity index (χ0n) is 10.5. The summed E-state index contributed by atoms with van der Waals surface area (Å²) < 4.78 is 5.12. The first-order valence-corrected chi connectivity index (χ1v) is 6.40. The lowest BCUT2D eigenvalue weighted by Crippen LogP contribution is -2.38. The average Bonchev–Trinajstić information content (AvgIpc) is 2.51. The Morgan fingerprint density at radius 3 is 2.81 bits per heavy atom. The topological polar surface area (TPSA) is 45.0 Å². The second-order valence-corrected chi connectivity index (χ2v) is 4.95. The minimum absolute atomic E-state index is 0.206. The Kier molecular flexibility index (Phi) is 6.44. The van der Waals surface area contributed by atoms with Crippen LogP contribution in [0.4, 0.5) is 0 Å². The molecular weight excluding hydrogens is 200 g/mol. The molecule has 3 unspecified atom stereocenters. The van der Waals surface area contributed by atoms with Crippen LogP contribution in [0.15, 0.2) is 0 Å². The van der Waals surface area contributed by atoms with Gasteiger partial charge in [0.2, 0.25) is 0 Å². The van der Waals surface area contributed by atoms with E-state index < -0.39 is 0 Å². The first-order valence-electron chi connectivity index (χ1n) is 6.40. The summed E-state index contributed by atoms with van der Waals surface area (Å²) in [5.74, 6) is 0.727. The molecule has 16 heavy (non-hydrogen) atoms. The number of nitrogens with zero attached hydrogens (tertiary/aromatic N) is 1. The molecule has 0 aliphatic heterocycles. The number of ether oxygens (including phenoxy) is 1. The molecular formula is C13H24N2O. The summed E-state index contributed by atoms with van der Waals surface area (Å²) in [5.41, 5.74) is 0. The van der Waals surface area contributed by atoms with Gasteiger partial charge in [0, 0.05) is 26.3 Å². The summed E-state index contributed by atoms with van der Waals surface area (Å²) in [7, 11) is 1.74. The van der Waals surface area contributed by atoms with E-state index in [2.05, 4.69) is 18.3 Å². The number of nitriles is 1. The third-order valence-corrected chi connectivity index (χ3v) is 3.36. The van der Waals surface area contributed by atoms with Crippen molar-refractivity contribution in [3.8, 4) is 6.07 Å². The smallest absolute Gasteiger partial charge is 0.0672 e. The van der Waals surface area contributed by atoms with E-state index in [-0.39, 0.29) is 5.92 Å². The molecule has 1 aliphatic carbocycles. The van der Waals surface area contributed by atoms with E-state index in [1.807, 2.05) is 0 Å². The molecule has 3 atom stereocenters. The van der Waals surface area contributed by atoms with Gasteiger partial charge in [-0.25, -0.2) is 0 Å². The lowest BCUT2D eigenvalue weighted by Gasteiger charge is -2.22. The Bertz CT molecular complexity index is 224. The lowest BCUT2D eigenvalue weighted by atomic mass is 9.96. The van der Waals surface area contributed by atoms with Crippen molar-refractivity contribution in [1.82, 2.24) is 5.32 Å². The number of hydrogen-bond acceptors (Lipinski definition) is 3. The molecule has 3 nitrogen and oxygen atoms in total. The van der Waals surface area contributed by atoms with Gasteiger partial charge in [-0.15, -0.1) is 0 Å². The predicted octanol–water partition coefficient (Wildman–Crippen LogP) is 2.33. The molecule has 1 aliphatic rings. The van der Waals surface area contributed by atoms with Crippen molar-refractivity contribution < 1.29 is 4.74 Å². The molecule has 0 bridgehead atoms. The van der Waals surface area contributed by atoms with E-state index >= 15 is 0 Å². The maximum atomic E-state index is 9.14. The molecule has 1 N–H and O–H groups in total. The average molecular weight is 224 g/mol. The predicted molar refractivity (Wildman–Crippen MR) is 65.0 cm³/mol. The second-order valence-electron chi connectivity index (χ2n) is 4.95. The molecule has 92 valence electrons. The van der Waals surface area contributed by atoms with Crippen LogP contribution < -0.4 is 5.32 Å². The van der Waals surface area contributed by atoms with Gasteiger partial charge in [-0.05, 0) is 18.8 Å². The first kappa shape index (κ1) is 13.5. The van der Waals surface area contributed by atoms with Crippen LogP contribution in [-0.2, 0) is 4.74 Å². The highest BCUT2D eigenvalue weighted by molar-refractivity contribution is 4.93. The summed E-state index contributed by atoms with van der Waals surface area (Å²) in [6.45, 7) is 3.92. The van der Waals surface area contributed by atoms with E-state index in [1.165, 1.54) is 19.3 Å². The van der Waals surface area contributed by atoms with E-state index in [9.17, 15) is 0 Å². The first-order chi connectivity index (χ1) is 7.77. The van der Waals surface area contributed by atoms with Crippen molar-refractivity contribution in [2.75, 3.05) is 20.3 Å². The van der Waals surface area contributed by atoms with Crippen LogP contribution in [0.3, 0.4) is 0 Å². The molecule has 0 spiro atoms. The van der Waals surface area contributed by atoms with Crippen molar-refractivity contribution in [1.29, 1.82) is 5.26 Å². The molecule has 3 heteroatoms. The number of methoxy groups -OCH3 is 1. The Balaban J connectivity index is 2.34. The minimum Gasteiger partial charge on any atom is -0.384 e. The summed E-state index contributed by atoms with van der Waals surface area (Å²) >= 11 is 0. The number of rotatable bonds is 5. The lowest BCUT2D eigenvalue weighted by molar-refractivity contribution is 0.155. The van der Waals surface area contributed by atoms with Gasteiger partial charge >= 0.3 is 0 Å². The third-order valence-electron chi connectivity index (χ3n) is 3.36. The summed E-state index contributed by atoms with van der Waals surface area (Å²) in [4.78, 5) is 0. The van der Waals surface area contributed by atoms with Gasteiger partial charge in [0.25, 0.3) is 0 Å². The van der Waals surface area contributed by atoms with Crippen LogP contribution in [0.2, 0.25) is 0 Å². The highest BCUT2D eigenvalue weighted by Crippen LogP contribution is 2.23. The molecule has 0 amide bonds. The quantitative estimate of drug-likeness (QED) is 0.729. The van der Waals surface area contributed by atoms with Crippen LogP contribution in [-0.4, -0.2) is 26.3 Å². The van der Waals surface area contributed by atoms with Crippen molar-refractivity contribution in [2.45, 2.75) is 45.1 Å². The molecule has 0 saturated heterocycles. The fourth-order valence-electron chi connectivity index (χ4n) is 2.40. The molecule has 1 rings (SSSR count). The fraction of sp³-hybridized carbons (Fsp3) is 0.923. The highest BCUT2D eigenvalue weighted by atomic mass is 16.5. The van der Waals surface area contributed by atoms with E-state index in [1.54, 1.807) is 7.11 Å².